The lowest BCUT2D eigenvalue weighted by atomic mass is 9.43. The predicted octanol–water partition coefficient (Wildman–Crippen LogP) is 3.07. The number of fused-ring (bicyclic) bond motifs is 5. The van der Waals surface area contributed by atoms with E-state index in [1.54, 1.807) is 0 Å². The molecule has 0 saturated heterocycles. The van der Waals surface area contributed by atoms with Gasteiger partial charge in [0.25, 0.3) is 0 Å². The third kappa shape index (κ3) is 1.74. The summed E-state index contributed by atoms with van der Waals surface area (Å²) in [5, 5.41) is 32.0. The Balaban J connectivity index is 1.72. The van der Waals surface area contributed by atoms with Crippen molar-refractivity contribution in [1.29, 1.82) is 0 Å². The zero-order chi connectivity index (χ0) is 15.8. The minimum atomic E-state index is -1.91. The van der Waals surface area contributed by atoms with Crippen molar-refractivity contribution in [2.45, 2.75) is 83.5 Å². The molecule has 4 aliphatic rings. The molecule has 4 saturated carbocycles. The maximum absolute atomic E-state index is 10.8. The Hall–Kier alpha value is -0.120. The van der Waals surface area contributed by atoms with Crippen LogP contribution < -0.4 is 0 Å². The van der Waals surface area contributed by atoms with Crippen molar-refractivity contribution in [2.24, 2.45) is 34.5 Å². The molecule has 0 radical (unpaired) electrons. The third-order valence-electron chi connectivity index (χ3n) is 8.73. The molecule has 0 aliphatic heterocycles. The highest BCUT2D eigenvalue weighted by Crippen LogP contribution is 2.67. The van der Waals surface area contributed by atoms with Crippen LogP contribution >= 0.6 is 0 Å². The maximum Gasteiger partial charge on any atom is 0.195 e. The average molecular weight is 308 g/mol. The lowest BCUT2D eigenvalue weighted by Gasteiger charge is -2.64. The monoisotopic (exact) mass is 308 g/mol. The van der Waals surface area contributed by atoms with E-state index in [2.05, 4.69) is 13.8 Å². The second-order valence-electron chi connectivity index (χ2n) is 9.34. The van der Waals surface area contributed by atoms with E-state index in [1.807, 2.05) is 0 Å². The molecule has 3 heteroatoms. The molecule has 0 aromatic carbocycles. The van der Waals surface area contributed by atoms with E-state index in [-0.39, 0.29) is 0 Å². The fourth-order valence-electron chi connectivity index (χ4n) is 7.36. The van der Waals surface area contributed by atoms with Crippen molar-refractivity contribution in [3.05, 3.63) is 0 Å². The minimum absolute atomic E-state index is 0.359. The Morgan fingerprint density at radius 3 is 2.32 bits per heavy atom. The van der Waals surface area contributed by atoms with Gasteiger partial charge in [-0.2, -0.15) is 0 Å². The number of aliphatic hydroxyl groups excluding tert-OH is 1. The van der Waals surface area contributed by atoms with Crippen LogP contribution in [0.5, 0.6) is 0 Å². The molecule has 0 aromatic rings. The Labute approximate surface area is 134 Å². The molecular formula is C19H32O3. The Morgan fingerprint density at radius 1 is 0.818 bits per heavy atom. The van der Waals surface area contributed by atoms with Crippen LogP contribution in [0.4, 0.5) is 0 Å². The van der Waals surface area contributed by atoms with E-state index in [9.17, 15) is 15.3 Å². The third-order valence-corrected chi connectivity index (χ3v) is 8.73. The second-order valence-corrected chi connectivity index (χ2v) is 9.34. The van der Waals surface area contributed by atoms with E-state index in [1.165, 1.54) is 32.1 Å². The van der Waals surface area contributed by atoms with Crippen LogP contribution in [0.1, 0.15) is 71.6 Å². The van der Waals surface area contributed by atoms with Crippen molar-refractivity contribution in [2.75, 3.05) is 0 Å². The zero-order valence-corrected chi connectivity index (χ0v) is 14.1. The van der Waals surface area contributed by atoms with Crippen LogP contribution in [0.2, 0.25) is 0 Å². The summed E-state index contributed by atoms with van der Waals surface area (Å²) in [4.78, 5) is 0. The smallest absolute Gasteiger partial charge is 0.195 e. The normalized spacial score (nSPS) is 56.9. The summed E-state index contributed by atoms with van der Waals surface area (Å²) in [7, 11) is 0. The first-order valence-electron chi connectivity index (χ1n) is 9.43. The van der Waals surface area contributed by atoms with Gasteiger partial charge in [-0.25, -0.2) is 0 Å². The fourth-order valence-corrected chi connectivity index (χ4v) is 7.36. The summed E-state index contributed by atoms with van der Waals surface area (Å²) in [5.41, 5.74) is -0.0390. The molecule has 2 unspecified atom stereocenters. The maximum atomic E-state index is 10.8. The van der Waals surface area contributed by atoms with Gasteiger partial charge in [-0.1, -0.05) is 20.3 Å². The average Bonchev–Trinajstić information content (AvgIpc) is 2.86. The number of rotatable bonds is 0. The van der Waals surface area contributed by atoms with Crippen molar-refractivity contribution in [3.8, 4) is 0 Å². The first-order valence-corrected chi connectivity index (χ1v) is 9.43. The molecule has 22 heavy (non-hydrogen) atoms. The largest absolute Gasteiger partial charge is 0.387 e. The van der Waals surface area contributed by atoms with Crippen LogP contribution in [0.15, 0.2) is 0 Å². The molecule has 7 atom stereocenters. The first kappa shape index (κ1) is 15.4. The minimum Gasteiger partial charge on any atom is -0.387 e. The molecule has 3 nitrogen and oxygen atoms in total. The van der Waals surface area contributed by atoms with E-state index < -0.39 is 17.3 Å². The van der Waals surface area contributed by atoms with Gasteiger partial charge in [0.05, 0.1) is 0 Å². The molecule has 0 bridgehead atoms. The number of hydrogen-bond acceptors (Lipinski definition) is 3. The van der Waals surface area contributed by atoms with Crippen LogP contribution in [-0.2, 0) is 0 Å². The highest BCUT2D eigenvalue weighted by Gasteiger charge is 2.66. The van der Waals surface area contributed by atoms with Gasteiger partial charge >= 0.3 is 0 Å². The van der Waals surface area contributed by atoms with Gasteiger partial charge in [-0.3, -0.25) is 0 Å². The number of aliphatic hydroxyl groups is 3. The fraction of sp³-hybridized carbons (Fsp3) is 1.00. The Morgan fingerprint density at radius 2 is 1.55 bits per heavy atom. The van der Waals surface area contributed by atoms with Crippen LogP contribution in [0.3, 0.4) is 0 Å². The van der Waals surface area contributed by atoms with E-state index >= 15 is 0 Å². The van der Waals surface area contributed by atoms with E-state index in [0.717, 1.165) is 25.2 Å². The van der Waals surface area contributed by atoms with Crippen molar-refractivity contribution >= 4 is 0 Å². The molecule has 4 aliphatic carbocycles. The summed E-state index contributed by atoms with van der Waals surface area (Å²) < 4.78 is 0. The van der Waals surface area contributed by atoms with Crippen LogP contribution in [-0.4, -0.2) is 27.2 Å². The first-order chi connectivity index (χ1) is 10.3. The van der Waals surface area contributed by atoms with Gasteiger partial charge in [-0.15, -0.1) is 0 Å². The number of hydrogen-bond donors (Lipinski definition) is 3. The molecule has 0 heterocycles. The SMILES string of the molecule is C[C@@]12CCC[C@H]1[C@@H]1CCC3CCC(O)C(O)(O)[C@]3(C)[C@H]1CC2. The summed E-state index contributed by atoms with van der Waals surface area (Å²) in [6, 6.07) is 0. The molecule has 4 fully saturated rings. The van der Waals surface area contributed by atoms with Gasteiger partial charge in [0, 0.05) is 5.41 Å². The van der Waals surface area contributed by atoms with Crippen LogP contribution in [0, 0.1) is 34.5 Å². The van der Waals surface area contributed by atoms with Crippen LogP contribution in [0.25, 0.3) is 0 Å². The van der Waals surface area contributed by atoms with Gasteiger partial charge in [-0.05, 0) is 80.5 Å². The molecule has 3 N–H and O–H groups in total. The quantitative estimate of drug-likeness (QED) is 0.603. The highest BCUT2D eigenvalue weighted by molar-refractivity contribution is 5.12. The topological polar surface area (TPSA) is 60.7 Å². The summed E-state index contributed by atoms with van der Waals surface area (Å²) in [6.45, 7) is 4.55. The predicted molar refractivity (Wildman–Crippen MR) is 84.9 cm³/mol. The zero-order valence-electron chi connectivity index (χ0n) is 14.1. The molecule has 4 rings (SSSR count). The van der Waals surface area contributed by atoms with E-state index in [4.69, 9.17) is 0 Å². The van der Waals surface area contributed by atoms with Gasteiger partial charge in [0.15, 0.2) is 5.79 Å². The molecule has 0 amide bonds. The summed E-state index contributed by atoms with van der Waals surface area (Å²) in [6.07, 6.45) is 9.24. The molecule has 0 spiro atoms. The Kier molecular flexibility index (Phi) is 3.30. The molecular weight excluding hydrogens is 276 g/mol. The van der Waals surface area contributed by atoms with Crippen molar-refractivity contribution in [1.82, 2.24) is 0 Å². The summed E-state index contributed by atoms with van der Waals surface area (Å²) >= 11 is 0. The standard InChI is InChI=1S/C19H32O3/c1-17-10-3-4-14(17)13-7-5-12-6-8-16(20)19(21,22)18(12,2)15(13)9-11-17/h12-16,20-22H,3-11H2,1-2H3/t12?,13-,14-,15-,16?,17-,18-/m0/s1. The second kappa shape index (κ2) is 4.70. The van der Waals surface area contributed by atoms with E-state index in [0.29, 0.717) is 29.6 Å². The van der Waals surface area contributed by atoms with Crippen molar-refractivity contribution < 1.29 is 15.3 Å². The summed E-state index contributed by atoms with van der Waals surface area (Å²) in [5.74, 6) is 0.210. The lowest BCUT2D eigenvalue weighted by Crippen LogP contribution is -2.67. The van der Waals surface area contributed by atoms with Gasteiger partial charge in [0.1, 0.15) is 6.10 Å². The van der Waals surface area contributed by atoms with Gasteiger partial charge in [0.2, 0.25) is 0 Å². The molecule has 126 valence electrons. The lowest BCUT2D eigenvalue weighted by molar-refractivity contribution is -0.348. The Bertz CT molecular complexity index is 462. The molecule has 0 aromatic heterocycles. The van der Waals surface area contributed by atoms with Crippen molar-refractivity contribution in [3.63, 3.8) is 0 Å². The van der Waals surface area contributed by atoms with Gasteiger partial charge < -0.3 is 15.3 Å². The highest BCUT2D eigenvalue weighted by atomic mass is 16.5.